The van der Waals surface area contributed by atoms with Crippen molar-refractivity contribution in [3.8, 4) is 5.75 Å². The zero-order valence-electron chi connectivity index (χ0n) is 17.9. The van der Waals surface area contributed by atoms with Gasteiger partial charge in [0, 0.05) is 37.9 Å². The summed E-state index contributed by atoms with van der Waals surface area (Å²) in [5.74, 6) is 3.14. The van der Waals surface area contributed by atoms with Gasteiger partial charge in [-0.05, 0) is 32.3 Å². The molecule has 0 aliphatic carbocycles. The van der Waals surface area contributed by atoms with E-state index in [1.54, 1.807) is 12.5 Å². The zero-order chi connectivity index (χ0) is 21.1. The van der Waals surface area contributed by atoms with Crippen LogP contribution in [0, 0.1) is 6.92 Å². The van der Waals surface area contributed by atoms with E-state index in [9.17, 15) is 0 Å². The summed E-state index contributed by atoms with van der Waals surface area (Å²) in [5.41, 5.74) is 2.00. The molecule has 8 heteroatoms. The van der Waals surface area contributed by atoms with Gasteiger partial charge < -0.3 is 19.9 Å². The number of piperidine rings is 1. The molecule has 2 aromatic rings. The molecule has 1 unspecified atom stereocenters. The number of ether oxygens (including phenoxy) is 1. The molecule has 4 rings (SSSR count). The van der Waals surface area contributed by atoms with Gasteiger partial charge in [-0.1, -0.05) is 18.7 Å². The van der Waals surface area contributed by atoms with E-state index >= 15 is 0 Å². The van der Waals surface area contributed by atoms with Gasteiger partial charge in [0.2, 0.25) is 5.95 Å². The second kappa shape index (κ2) is 8.69. The van der Waals surface area contributed by atoms with Crippen molar-refractivity contribution in [1.29, 1.82) is 0 Å². The summed E-state index contributed by atoms with van der Waals surface area (Å²) in [4.78, 5) is 22.2. The number of likely N-dealkylation sites (N-methyl/N-ethyl adjacent to an activating group) is 1. The fourth-order valence-electron chi connectivity index (χ4n) is 3.94. The van der Waals surface area contributed by atoms with Crippen LogP contribution in [0.1, 0.15) is 25.5 Å². The Morgan fingerprint density at radius 1 is 1.27 bits per heavy atom. The second-order valence-corrected chi connectivity index (χ2v) is 7.82. The highest BCUT2D eigenvalue weighted by Gasteiger charge is 2.28. The summed E-state index contributed by atoms with van der Waals surface area (Å²) < 4.78 is 5.88. The summed E-state index contributed by atoms with van der Waals surface area (Å²) >= 11 is 0. The van der Waals surface area contributed by atoms with Crippen LogP contribution in [-0.2, 0) is 0 Å². The lowest BCUT2D eigenvalue weighted by Crippen LogP contribution is -2.42. The monoisotopic (exact) mass is 407 g/mol. The van der Waals surface area contributed by atoms with E-state index in [1.165, 1.54) is 0 Å². The molecule has 158 valence electrons. The molecule has 1 saturated heterocycles. The molecule has 2 aromatic heterocycles. The summed E-state index contributed by atoms with van der Waals surface area (Å²) in [6, 6.07) is 2.43. The van der Waals surface area contributed by atoms with Crippen molar-refractivity contribution in [3.05, 3.63) is 48.6 Å². The molecule has 4 heterocycles. The summed E-state index contributed by atoms with van der Waals surface area (Å²) in [7, 11) is 2.03. The number of rotatable bonds is 5. The smallest absolute Gasteiger partial charge is 0.225 e. The first-order valence-corrected chi connectivity index (χ1v) is 10.4. The van der Waals surface area contributed by atoms with E-state index in [0.29, 0.717) is 24.3 Å². The number of hydrogen-bond donors (Lipinski definition) is 1. The van der Waals surface area contributed by atoms with Gasteiger partial charge in [-0.2, -0.15) is 4.98 Å². The van der Waals surface area contributed by atoms with Crippen molar-refractivity contribution in [2.75, 3.05) is 41.9 Å². The molecule has 0 bridgehead atoms. The van der Waals surface area contributed by atoms with Crippen LogP contribution in [0.2, 0.25) is 0 Å². The van der Waals surface area contributed by atoms with Crippen molar-refractivity contribution in [3.63, 3.8) is 0 Å². The topological polar surface area (TPSA) is 79.3 Å². The Morgan fingerprint density at radius 3 is 2.80 bits per heavy atom. The van der Waals surface area contributed by atoms with Crippen LogP contribution in [0.25, 0.3) is 0 Å². The number of anilines is 3. The third-order valence-corrected chi connectivity index (χ3v) is 5.68. The van der Waals surface area contributed by atoms with Crippen LogP contribution in [0.5, 0.6) is 5.75 Å². The number of nitrogens with one attached hydrogen (secondary N) is 1. The van der Waals surface area contributed by atoms with Gasteiger partial charge in [0.25, 0.3) is 0 Å². The molecule has 0 amide bonds. The molecular weight excluding hydrogens is 378 g/mol. The first-order chi connectivity index (χ1) is 14.5. The molecule has 2 aliphatic rings. The number of allylic oxidation sites excluding steroid dienone is 1. The standard InChI is InChI=1S/C22H29N7O/c1-5-6-15(2)18-13-30-19-12-23-22(27-21(19)28(18)4)26-17-7-9-29(10-8-17)20-11-16(3)24-14-25-20/h5-6,11-12,14,17-18H,2,7-10,13H2,1,3-4H3,(H,23,26,27)/b6-5-. The number of hydrogen-bond acceptors (Lipinski definition) is 8. The quantitative estimate of drug-likeness (QED) is 0.758. The maximum Gasteiger partial charge on any atom is 0.225 e. The molecule has 1 fully saturated rings. The molecule has 1 N–H and O–H groups in total. The number of nitrogens with zero attached hydrogens (tertiary/aromatic N) is 6. The average Bonchev–Trinajstić information content (AvgIpc) is 2.75. The molecule has 30 heavy (non-hydrogen) atoms. The summed E-state index contributed by atoms with van der Waals surface area (Å²) in [5, 5.41) is 3.50. The lowest BCUT2D eigenvalue weighted by atomic mass is 10.1. The minimum absolute atomic E-state index is 0.0657. The maximum atomic E-state index is 5.88. The van der Waals surface area contributed by atoms with Gasteiger partial charge >= 0.3 is 0 Å². The average molecular weight is 408 g/mol. The fourth-order valence-corrected chi connectivity index (χ4v) is 3.94. The van der Waals surface area contributed by atoms with Gasteiger partial charge in [-0.15, -0.1) is 0 Å². The van der Waals surface area contributed by atoms with Gasteiger partial charge in [0.1, 0.15) is 18.8 Å². The second-order valence-electron chi connectivity index (χ2n) is 7.82. The van der Waals surface area contributed by atoms with Crippen LogP contribution in [0.4, 0.5) is 17.6 Å². The number of fused-ring (bicyclic) bond motifs is 1. The predicted octanol–water partition coefficient (Wildman–Crippen LogP) is 2.99. The zero-order valence-corrected chi connectivity index (χ0v) is 17.9. The Morgan fingerprint density at radius 2 is 2.07 bits per heavy atom. The molecule has 1 atom stereocenters. The van der Waals surface area contributed by atoms with Crippen LogP contribution in [-0.4, -0.2) is 58.8 Å². The van der Waals surface area contributed by atoms with E-state index < -0.39 is 0 Å². The normalized spacial score (nSPS) is 19.5. The van der Waals surface area contributed by atoms with E-state index in [4.69, 9.17) is 9.72 Å². The SMILES string of the molecule is C=C(/C=C\C)C1COc2cnc(NC3CCN(c4cc(C)ncn4)CC3)nc2N1C. The van der Waals surface area contributed by atoms with Crippen LogP contribution in [0.3, 0.4) is 0 Å². The molecule has 0 aromatic carbocycles. The van der Waals surface area contributed by atoms with Gasteiger partial charge in [0.05, 0.1) is 12.2 Å². The van der Waals surface area contributed by atoms with E-state index in [-0.39, 0.29) is 6.04 Å². The lowest BCUT2D eigenvalue weighted by molar-refractivity contribution is 0.279. The Bertz CT molecular complexity index is 937. The molecule has 0 spiro atoms. The Balaban J connectivity index is 1.40. The van der Waals surface area contributed by atoms with E-state index in [0.717, 1.165) is 48.8 Å². The Kier molecular flexibility index (Phi) is 5.83. The highest BCUT2D eigenvalue weighted by atomic mass is 16.5. The maximum absolute atomic E-state index is 5.88. The summed E-state index contributed by atoms with van der Waals surface area (Å²) in [6.07, 6.45) is 9.39. The van der Waals surface area contributed by atoms with Gasteiger partial charge in [-0.3, -0.25) is 0 Å². The van der Waals surface area contributed by atoms with E-state index in [2.05, 4.69) is 36.6 Å². The molecular formula is C22H29N7O. The van der Waals surface area contributed by atoms with Crippen molar-refractivity contribution in [1.82, 2.24) is 19.9 Å². The van der Waals surface area contributed by atoms with Crippen molar-refractivity contribution >= 4 is 17.6 Å². The predicted molar refractivity (Wildman–Crippen MR) is 119 cm³/mol. The number of aryl methyl sites for hydroxylation is 1. The van der Waals surface area contributed by atoms with Crippen LogP contribution in [0.15, 0.2) is 42.9 Å². The minimum atomic E-state index is 0.0657. The minimum Gasteiger partial charge on any atom is -0.486 e. The van der Waals surface area contributed by atoms with Crippen LogP contribution < -0.4 is 19.9 Å². The Hall–Kier alpha value is -3.16. The highest BCUT2D eigenvalue weighted by Crippen LogP contribution is 2.33. The lowest BCUT2D eigenvalue weighted by Gasteiger charge is -2.36. The summed E-state index contributed by atoms with van der Waals surface area (Å²) in [6.45, 7) is 10.6. The van der Waals surface area contributed by atoms with Gasteiger partial charge in [-0.25, -0.2) is 15.0 Å². The van der Waals surface area contributed by atoms with Crippen LogP contribution >= 0.6 is 0 Å². The Labute approximate surface area is 177 Å². The molecule has 0 saturated carbocycles. The van der Waals surface area contributed by atoms with Crippen molar-refractivity contribution in [2.45, 2.75) is 38.8 Å². The molecule has 2 aliphatic heterocycles. The van der Waals surface area contributed by atoms with Crippen molar-refractivity contribution < 1.29 is 4.74 Å². The largest absolute Gasteiger partial charge is 0.486 e. The fraction of sp³-hybridized carbons (Fsp3) is 0.455. The first kappa shape index (κ1) is 20.1. The third kappa shape index (κ3) is 4.22. The highest BCUT2D eigenvalue weighted by molar-refractivity contribution is 5.58. The third-order valence-electron chi connectivity index (χ3n) is 5.68. The molecule has 0 radical (unpaired) electrons. The van der Waals surface area contributed by atoms with Crippen molar-refractivity contribution in [2.24, 2.45) is 0 Å². The number of aromatic nitrogens is 4. The van der Waals surface area contributed by atoms with Gasteiger partial charge in [0.15, 0.2) is 11.6 Å². The first-order valence-electron chi connectivity index (χ1n) is 10.4. The van der Waals surface area contributed by atoms with E-state index in [1.807, 2.05) is 39.1 Å². The molecule has 8 nitrogen and oxygen atoms in total.